The number of ketones is 1. The standard InChI is InChI=1S/C19H14ClFN2O2/c1-25-15-7-8-16(17(21)11-15)18-10-14(22-23-18)6-9-19(24)12-2-4-13(20)5-3-12/h2-11H,1H3,(H,22,23)/b9-6+. The Labute approximate surface area is 148 Å². The van der Waals surface area contributed by atoms with Crippen LogP contribution in [0.4, 0.5) is 4.39 Å². The highest BCUT2D eigenvalue weighted by Crippen LogP contribution is 2.25. The first-order valence-corrected chi connectivity index (χ1v) is 7.82. The lowest BCUT2D eigenvalue weighted by Gasteiger charge is -2.02. The minimum absolute atomic E-state index is 0.163. The fourth-order valence-corrected chi connectivity index (χ4v) is 2.39. The number of aromatic nitrogens is 2. The van der Waals surface area contributed by atoms with Gasteiger partial charge in [-0.15, -0.1) is 0 Å². The first kappa shape index (κ1) is 16.9. The normalized spacial score (nSPS) is 11.0. The Balaban J connectivity index is 1.77. The van der Waals surface area contributed by atoms with Gasteiger partial charge >= 0.3 is 0 Å². The average molecular weight is 357 g/mol. The van der Waals surface area contributed by atoms with E-state index in [1.165, 1.54) is 19.3 Å². The summed E-state index contributed by atoms with van der Waals surface area (Å²) in [5, 5.41) is 7.42. The molecule has 1 heterocycles. The molecule has 1 aromatic heterocycles. The van der Waals surface area contributed by atoms with Crippen LogP contribution in [0.5, 0.6) is 5.75 Å². The monoisotopic (exact) mass is 356 g/mol. The molecule has 0 amide bonds. The number of rotatable bonds is 5. The van der Waals surface area contributed by atoms with Gasteiger partial charge in [-0.2, -0.15) is 5.10 Å². The second kappa shape index (κ2) is 7.32. The predicted octanol–water partition coefficient (Wildman–Crippen LogP) is 4.77. The molecule has 3 aromatic rings. The number of aromatic amines is 1. The Morgan fingerprint density at radius 1 is 1.20 bits per heavy atom. The molecule has 2 aromatic carbocycles. The van der Waals surface area contributed by atoms with E-state index in [0.717, 1.165) is 0 Å². The van der Waals surface area contributed by atoms with Gasteiger partial charge in [0, 0.05) is 22.2 Å². The third-order valence-electron chi connectivity index (χ3n) is 3.59. The maximum absolute atomic E-state index is 14.1. The number of nitrogens with one attached hydrogen (secondary N) is 1. The van der Waals surface area contributed by atoms with Gasteiger partial charge < -0.3 is 4.74 Å². The number of carbonyl (C=O) groups is 1. The van der Waals surface area contributed by atoms with E-state index in [2.05, 4.69) is 10.2 Å². The van der Waals surface area contributed by atoms with E-state index < -0.39 is 5.82 Å². The highest BCUT2D eigenvalue weighted by atomic mass is 35.5. The fourth-order valence-electron chi connectivity index (χ4n) is 2.27. The number of H-pyrrole nitrogens is 1. The summed E-state index contributed by atoms with van der Waals surface area (Å²) in [7, 11) is 1.48. The van der Waals surface area contributed by atoms with Gasteiger partial charge in [-0.05, 0) is 54.6 Å². The number of carbonyl (C=O) groups excluding carboxylic acids is 1. The van der Waals surface area contributed by atoms with Crippen LogP contribution in [0.1, 0.15) is 16.1 Å². The summed E-state index contributed by atoms with van der Waals surface area (Å²) >= 11 is 5.80. The maximum atomic E-state index is 14.1. The molecule has 3 rings (SSSR count). The lowest BCUT2D eigenvalue weighted by atomic mass is 10.1. The van der Waals surface area contributed by atoms with Crippen LogP contribution in [-0.2, 0) is 0 Å². The summed E-state index contributed by atoms with van der Waals surface area (Å²) in [4.78, 5) is 12.1. The number of benzene rings is 2. The number of nitrogens with zero attached hydrogens (tertiary/aromatic N) is 1. The summed E-state index contributed by atoms with van der Waals surface area (Å²) in [6.07, 6.45) is 3.01. The van der Waals surface area contributed by atoms with Crippen LogP contribution < -0.4 is 4.74 Å². The summed E-state index contributed by atoms with van der Waals surface area (Å²) in [6.45, 7) is 0. The van der Waals surface area contributed by atoms with Crippen molar-refractivity contribution < 1.29 is 13.9 Å². The van der Waals surface area contributed by atoms with E-state index in [9.17, 15) is 9.18 Å². The Bertz CT molecular complexity index is 933. The average Bonchev–Trinajstić information content (AvgIpc) is 3.08. The largest absolute Gasteiger partial charge is 0.497 e. The molecule has 0 unspecified atom stereocenters. The maximum Gasteiger partial charge on any atom is 0.185 e. The van der Waals surface area contributed by atoms with E-state index in [0.29, 0.717) is 33.3 Å². The van der Waals surface area contributed by atoms with Crippen LogP contribution in [0.25, 0.3) is 17.3 Å². The number of hydrogen-bond donors (Lipinski definition) is 1. The van der Waals surface area contributed by atoms with E-state index in [4.69, 9.17) is 16.3 Å². The number of ether oxygens (including phenoxy) is 1. The summed E-state index contributed by atoms with van der Waals surface area (Å²) in [6, 6.07) is 12.8. The highest BCUT2D eigenvalue weighted by molar-refractivity contribution is 6.30. The van der Waals surface area contributed by atoms with Gasteiger partial charge in [0.05, 0.1) is 18.5 Å². The second-order valence-electron chi connectivity index (χ2n) is 5.26. The molecule has 0 saturated heterocycles. The predicted molar refractivity (Wildman–Crippen MR) is 95.4 cm³/mol. The molecule has 6 heteroatoms. The van der Waals surface area contributed by atoms with Gasteiger partial charge in [-0.3, -0.25) is 9.89 Å². The van der Waals surface area contributed by atoms with Crippen molar-refractivity contribution >= 4 is 23.5 Å². The van der Waals surface area contributed by atoms with Crippen LogP contribution in [-0.4, -0.2) is 23.1 Å². The quantitative estimate of drug-likeness (QED) is 0.529. The van der Waals surface area contributed by atoms with Crippen molar-refractivity contribution in [1.82, 2.24) is 10.2 Å². The minimum Gasteiger partial charge on any atom is -0.497 e. The van der Waals surface area contributed by atoms with Crippen molar-refractivity contribution in [2.75, 3.05) is 7.11 Å². The zero-order valence-corrected chi connectivity index (χ0v) is 14.0. The Hall–Kier alpha value is -2.92. The van der Waals surface area contributed by atoms with E-state index in [1.807, 2.05) is 0 Å². The topological polar surface area (TPSA) is 55.0 Å². The van der Waals surface area contributed by atoms with Crippen molar-refractivity contribution in [3.8, 4) is 17.0 Å². The molecular formula is C19H14ClFN2O2. The van der Waals surface area contributed by atoms with Gasteiger partial charge in [-0.1, -0.05) is 11.6 Å². The van der Waals surface area contributed by atoms with Crippen molar-refractivity contribution in [3.63, 3.8) is 0 Å². The molecule has 0 aliphatic rings. The fraction of sp³-hybridized carbons (Fsp3) is 0.0526. The number of methoxy groups -OCH3 is 1. The molecule has 0 radical (unpaired) electrons. The lowest BCUT2D eigenvalue weighted by Crippen LogP contribution is -1.93. The van der Waals surface area contributed by atoms with Gasteiger partial charge in [0.15, 0.2) is 5.78 Å². The zero-order valence-electron chi connectivity index (χ0n) is 13.3. The Morgan fingerprint density at radius 2 is 1.96 bits per heavy atom. The smallest absolute Gasteiger partial charge is 0.185 e. The first-order chi connectivity index (χ1) is 12.1. The Kier molecular flexibility index (Phi) is 4.95. The van der Waals surface area contributed by atoms with Crippen LogP contribution >= 0.6 is 11.6 Å². The van der Waals surface area contributed by atoms with Gasteiger partial charge in [0.25, 0.3) is 0 Å². The SMILES string of the molecule is COc1ccc(-c2cc(/C=C/C(=O)c3ccc(Cl)cc3)[nH]n2)c(F)c1. The molecule has 0 aliphatic carbocycles. The first-order valence-electron chi connectivity index (χ1n) is 7.44. The van der Waals surface area contributed by atoms with E-state index in [-0.39, 0.29) is 5.78 Å². The van der Waals surface area contributed by atoms with E-state index >= 15 is 0 Å². The summed E-state index contributed by atoms with van der Waals surface area (Å²) in [5.74, 6) is -0.160. The molecule has 126 valence electrons. The molecule has 0 spiro atoms. The third-order valence-corrected chi connectivity index (χ3v) is 3.84. The molecule has 0 saturated carbocycles. The third kappa shape index (κ3) is 3.95. The minimum atomic E-state index is -0.432. The van der Waals surface area contributed by atoms with Crippen LogP contribution in [0.15, 0.2) is 54.6 Å². The summed E-state index contributed by atoms with van der Waals surface area (Å²) in [5.41, 5.74) is 1.91. The molecule has 25 heavy (non-hydrogen) atoms. The van der Waals surface area contributed by atoms with Crippen molar-refractivity contribution in [1.29, 1.82) is 0 Å². The summed E-state index contributed by atoms with van der Waals surface area (Å²) < 4.78 is 19.1. The van der Waals surface area contributed by atoms with Crippen LogP contribution in [0, 0.1) is 5.82 Å². The van der Waals surface area contributed by atoms with Crippen molar-refractivity contribution in [3.05, 3.63) is 76.7 Å². The van der Waals surface area contributed by atoms with Gasteiger partial charge in [0.1, 0.15) is 11.6 Å². The van der Waals surface area contributed by atoms with Crippen molar-refractivity contribution in [2.45, 2.75) is 0 Å². The number of halogens is 2. The molecule has 1 N–H and O–H groups in total. The molecule has 0 fully saturated rings. The highest BCUT2D eigenvalue weighted by Gasteiger charge is 2.10. The molecule has 0 atom stereocenters. The molecule has 4 nitrogen and oxygen atoms in total. The zero-order chi connectivity index (χ0) is 17.8. The number of hydrogen-bond acceptors (Lipinski definition) is 3. The lowest BCUT2D eigenvalue weighted by molar-refractivity contribution is 0.104. The molecular weight excluding hydrogens is 343 g/mol. The van der Waals surface area contributed by atoms with E-state index in [1.54, 1.807) is 48.5 Å². The molecule has 0 aliphatic heterocycles. The van der Waals surface area contributed by atoms with Crippen LogP contribution in [0.3, 0.4) is 0 Å². The second-order valence-corrected chi connectivity index (χ2v) is 5.70. The van der Waals surface area contributed by atoms with Gasteiger partial charge in [0.2, 0.25) is 0 Å². The molecule has 0 bridgehead atoms. The number of allylic oxidation sites excluding steroid dienone is 1. The van der Waals surface area contributed by atoms with Crippen molar-refractivity contribution in [2.24, 2.45) is 0 Å². The van der Waals surface area contributed by atoms with Crippen LogP contribution in [0.2, 0.25) is 5.02 Å². The van der Waals surface area contributed by atoms with Gasteiger partial charge in [-0.25, -0.2) is 4.39 Å². The Morgan fingerprint density at radius 3 is 2.64 bits per heavy atom.